The number of hydrogen-bond acceptors (Lipinski definition) is 3. The highest BCUT2D eigenvalue weighted by atomic mass is 16.6. The molecule has 4 heteroatoms. The topological polar surface area (TPSA) is 44.1 Å². The molecule has 1 rings (SSSR count). The molecule has 0 spiro atoms. The maximum Gasteiger partial charge on any atom is 0.357 e. The van der Waals surface area contributed by atoms with Crippen molar-refractivity contribution in [1.82, 2.24) is 9.55 Å². The number of aromatic nitrogens is 2. The van der Waals surface area contributed by atoms with E-state index in [0.717, 1.165) is 30.8 Å². The number of aryl methyl sites for hydroxylation is 2. The largest absolute Gasteiger partial charge is 0.455 e. The molecule has 0 saturated heterocycles. The number of allylic oxidation sites excluding steroid dienone is 2. The van der Waals surface area contributed by atoms with Crippen molar-refractivity contribution >= 4 is 5.97 Å². The van der Waals surface area contributed by atoms with Gasteiger partial charge in [-0.25, -0.2) is 9.78 Å². The van der Waals surface area contributed by atoms with Crippen LogP contribution in [0.2, 0.25) is 0 Å². The Balaban J connectivity index is 2.85. The van der Waals surface area contributed by atoms with Gasteiger partial charge >= 0.3 is 5.97 Å². The molecule has 0 bridgehead atoms. The fraction of sp³-hybridized carbons (Fsp3) is 0.684. The predicted octanol–water partition coefficient (Wildman–Crippen LogP) is 4.61. The van der Waals surface area contributed by atoms with E-state index >= 15 is 0 Å². The van der Waals surface area contributed by atoms with Crippen molar-refractivity contribution in [3.8, 4) is 0 Å². The van der Waals surface area contributed by atoms with E-state index in [-0.39, 0.29) is 5.97 Å². The van der Waals surface area contributed by atoms with Crippen LogP contribution in [-0.4, -0.2) is 21.1 Å². The molecule has 0 aliphatic rings. The summed E-state index contributed by atoms with van der Waals surface area (Å²) >= 11 is 0. The Hall–Kier alpha value is -1.58. The Morgan fingerprint density at radius 2 is 1.96 bits per heavy atom. The summed E-state index contributed by atoms with van der Waals surface area (Å²) < 4.78 is 7.37. The van der Waals surface area contributed by atoms with Gasteiger partial charge in [-0.3, -0.25) is 0 Å². The lowest BCUT2D eigenvalue weighted by molar-refractivity contribution is 0.00572. The van der Waals surface area contributed by atoms with E-state index in [1.165, 1.54) is 5.57 Å². The molecule has 1 aromatic rings. The van der Waals surface area contributed by atoms with Gasteiger partial charge in [0.1, 0.15) is 11.4 Å². The van der Waals surface area contributed by atoms with Crippen molar-refractivity contribution < 1.29 is 9.53 Å². The quantitative estimate of drug-likeness (QED) is 0.568. The van der Waals surface area contributed by atoms with Gasteiger partial charge in [-0.1, -0.05) is 18.6 Å². The van der Waals surface area contributed by atoms with Crippen molar-refractivity contribution in [3.05, 3.63) is 28.9 Å². The van der Waals surface area contributed by atoms with Gasteiger partial charge in [0.25, 0.3) is 0 Å². The van der Waals surface area contributed by atoms with Crippen LogP contribution < -0.4 is 0 Å². The summed E-state index contributed by atoms with van der Waals surface area (Å²) in [6.07, 6.45) is 5.14. The molecule has 4 nitrogen and oxygen atoms in total. The Bertz CT molecular complexity index is 573. The van der Waals surface area contributed by atoms with Crippen LogP contribution in [0.3, 0.4) is 0 Å². The van der Waals surface area contributed by atoms with Crippen molar-refractivity contribution in [3.63, 3.8) is 0 Å². The molecule has 1 heterocycles. The Labute approximate surface area is 140 Å². The number of rotatable bonds is 6. The van der Waals surface area contributed by atoms with E-state index in [2.05, 4.69) is 31.8 Å². The fourth-order valence-corrected chi connectivity index (χ4v) is 2.37. The third-order valence-electron chi connectivity index (χ3n) is 3.79. The number of imidazole rings is 1. The number of carbonyl (C=O) groups excluding carboxylic acids is 1. The summed E-state index contributed by atoms with van der Waals surface area (Å²) in [5.74, 6) is 1.13. The lowest BCUT2D eigenvalue weighted by atomic mass is 9.99. The highest BCUT2D eigenvalue weighted by Gasteiger charge is 2.25. The van der Waals surface area contributed by atoms with Gasteiger partial charge in [0.15, 0.2) is 5.69 Å². The zero-order chi connectivity index (χ0) is 17.8. The Kier molecular flexibility index (Phi) is 6.60. The molecule has 0 amide bonds. The van der Waals surface area contributed by atoms with Crippen LogP contribution in [0.4, 0.5) is 0 Å². The Morgan fingerprint density at radius 1 is 1.35 bits per heavy atom. The molecule has 0 aromatic carbocycles. The molecule has 0 N–H and O–H groups in total. The van der Waals surface area contributed by atoms with Crippen molar-refractivity contribution in [2.24, 2.45) is 13.0 Å². The molecule has 130 valence electrons. The number of ether oxygens (including phenoxy) is 1. The van der Waals surface area contributed by atoms with Gasteiger partial charge in [0.2, 0.25) is 0 Å². The summed E-state index contributed by atoms with van der Waals surface area (Å²) in [6, 6.07) is 0. The van der Waals surface area contributed by atoms with Crippen LogP contribution in [0.5, 0.6) is 0 Å². The van der Waals surface area contributed by atoms with Gasteiger partial charge in [-0.2, -0.15) is 0 Å². The van der Waals surface area contributed by atoms with Gasteiger partial charge in [0.05, 0.1) is 5.69 Å². The second-order valence-corrected chi connectivity index (χ2v) is 7.68. The number of esters is 1. The second-order valence-electron chi connectivity index (χ2n) is 7.68. The third-order valence-corrected chi connectivity index (χ3v) is 3.79. The number of nitrogens with zero attached hydrogens (tertiary/aromatic N) is 2. The summed E-state index contributed by atoms with van der Waals surface area (Å²) in [4.78, 5) is 17.1. The highest BCUT2D eigenvalue weighted by molar-refractivity contribution is 5.89. The monoisotopic (exact) mass is 320 g/mol. The minimum atomic E-state index is -0.497. The summed E-state index contributed by atoms with van der Waals surface area (Å²) in [5.41, 5.74) is 2.29. The van der Waals surface area contributed by atoms with Gasteiger partial charge in [-0.05, 0) is 66.7 Å². The van der Waals surface area contributed by atoms with Crippen LogP contribution in [0.25, 0.3) is 0 Å². The minimum Gasteiger partial charge on any atom is -0.455 e. The first-order valence-corrected chi connectivity index (χ1v) is 8.40. The van der Waals surface area contributed by atoms with Crippen LogP contribution in [-0.2, 0) is 18.2 Å². The van der Waals surface area contributed by atoms with E-state index < -0.39 is 5.60 Å². The van der Waals surface area contributed by atoms with Crippen LogP contribution in [0.1, 0.15) is 76.4 Å². The first kappa shape index (κ1) is 19.5. The fourth-order valence-electron chi connectivity index (χ4n) is 2.37. The molecule has 0 saturated carbocycles. The van der Waals surface area contributed by atoms with Gasteiger partial charge < -0.3 is 9.30 Å². The van der Waals surface area contributed by atoms with E-state index in [4.69, 9.17) is 4.74 Å². The summed E-state index contributed by atoms with van der Waals surface area (Å²) in [5, 5.41) is 0. The van der Waals surface area contributed by atoms with Gasteiger partial charge in [0, 0.05) is 7.05 Å². The van der Waals surface area contributed by atoms with Gasteiger partial charge in [-0.15, -0.1) is 0 Å². The summed E-state index contributed by atoms with van der Waals surface area (Å²) in [6.45, 7) is 14.1. The molecule has 0 fully saturated rings. The molecule has 23 heavy (non-hydrogen) atoms. The van der Waals surface area contributed by atoms with Crippen molar-refractivity contribution in [2.75, 3.05) is 0 Å². The number of hydrogen-bond donors (Lipinski definition) is 0. The maximum absolute atomic E-state index is 12.5. The predicted molar refractivity (Wildman–Crippen MR) is 94.6 cm³/mol. The molecule has 0 radical (unpaired) electrons. The van der Waals surface area contributed by atoms with E-state index in [0.29, 0.717) is 11.6 Å². The highest BCUT2D eigenvalue weighted by Crippen LogP contribution is 2.20. The zero-order valence-electron chi connectivity index (χ0n) is 16.0. The van der Waals surface area contributed by atoms with E-state index in [1.54, 1.807) is 0 Å². The molecule has 0 aliphatic heterocycles. The SMILES string of the molecule is CC(C)=CC[C@@H](C)CCc1nc(C)n(C)c1C(=O)OC(C)(C)C. The molecular formula is C19H32N2O2. The molecule has 1 atom stereocenters. The molecule has 0 unspecified atom stereocenters. The zero-order valence-corrected chi connectivity index (χ0v) is 16.0. The molecule has 0 aliphatic carbocycles. The smallest absolute Gasteiger partial charge is 0.357 e. The second kappa shape index (κ2) is 7.80. The average molecular weight is 320 g/mol. The first-order valence-electron chi connectivity index (χ1n) is 8.40. The lowest BCUT2D eigenvalue weighted by Crippen LogP contribution is -2.26. The van der Waals surface area contributed by atoms with Crippen LogP contribution in [0, 0.1) is 12.8 Å². The maximum atomic E-state index is 12.5. The first-order chi connectivity index (χ1) is 10.5. The summed E-state index contributed by atoms with van der Waals surface area (Å²) in [7, 11) is 1.87. The van der Waals surface area contributed by atoms with E-state index in [9.17, 15) is 4.79 Å². The minimum absolute atomic E-state index is 0.285. The molecular weight excluding hydrogens is 288 g/mol. The van der Waals surface area contributed by atoms with E-state index in [1.807, 2.05) is 39.3 Å². The standard InChI is InChI=1S/C19H32N2O2/c1-13(2)9-10-14(3)11-12-16-17(21(8)15(4)20-16)18(22)23-19(5,6)7/h9,14H,10-12H2,1-8H3/t14-/m1/s1. The van der Waals surface area contributed by atoms with Crippen LogP contribution >= 0.6 is 0 Å². The lowest BCUT2D eigenvalue weighted by Gasteiger charge is -2.20. The van der Waals surface area contributed by atoms with Crippen molar-refractivity contribution in [2.45, 2.75) is 73.3 Å². The van der Waals surface area contributed by atoms with Crippen LogP contribution in [0.15, 0.2) is 11.6 Å². The third kappa shape index (κ3) is 6.20. The number of carbonyl (C=O) groups is 1. The average Bonchev–Trinajstić information content (AvgIpc) is 2.67. The Morgan fingerprint density at radius 3 is 2.48 bits per heavy atom. The van der Waals surface area contributed by atoms with Crippen molar-refractivity contribution in [1.29, 1.82) is 0 Å². The molecule has 1 aromatic heterocycles. The normalized spacial score (nSPS) is 12.9.